The molecule has 1 aliphatic heterocycles. The van der Waals surface area contributed by atoms with Gasteiger partial charge in [0.25, 0.3) is 0 Å². The molecule has 0 amide bonds. The van der Waals surface area contributed by atoms with Gasteiger partial charge in [0, 0.05) is 12.6 Å². The maximum absolute atomic E-state index is 10.6. The Bertz CT molecular complexity index is 486. The Morgan fingerprint density at radius 1 is 1.38 bits per heavy atom. The van der Waals surface area contributed by atoms with Crippen molar-refractivity contribution in [3.8, 4) is 5.75 Å². The molecule has 3 nitrogen and oxygen atoms in total. The van der Waals surface area contributed by atoms with Crippen molar-refractivity contribution in [1.29, 1.82) is 0 Å². The number of ether oxygens (including phenoxy) is 1. The van der Waals surface area contributed by atoms with Crippen LogP contribution in [0.1, 0.15) is 42.9 Å². The molecule has 4 heteroatoms. The Labute approximate surface area is 131 Å². The maximum atomic E-state index is 10.6. The van der Waals surface area contributed by atoms with Crippen LogP contribution in [0, 0.1) is 0 Å². The van der Waals surface area contributed by atoms with Gasteiger partial charge in [-0.05, 0) is 66.9 Å². The van der Waals surface area contributed by atoms with Gasteiger partial charge in [0.2, 0.25) is 0 Å². The largest absolute Gasteiger partial charge is 0.497 e. The summed E-state index contributed by atoms with van der Waals surface area (Å²) < 4.78 is 5.32. The summed E-state index contributed by atoms with van der Waals surface area (Å²) in [5.41, 5.74) is 2.27. The lowest BCUT2D eigenvalue weighted by atomic mass is 9.86. The number of hydrogen-bond donors (Lipinski definition) is 2. The molecule has 1 aromatic carbocycles. The molecule has 1 fully saturated rings. The number of thioether (sulfide) groups is 1. The van der Waals surface area contributed by atoms with Crippen molar-refractivity contribution < 1.29 is 9.84 Å². The summed E-state index contributed by atoms with van der Waals surface area (Å²) in [6.45, 7) is 0.712. The molecule has 0 radical (unpaired) electrons. The molecule has 1 heterocycles. The Kier molecular flexibility index (Phi) is 4.77. The van der Waals surface area contributed by atoms with Crippen molar-refractivity contribution in [3.63, 3.8) is 0 Å². The van der Waals surface area contributed by atoms with Crippen LogP contribution in [-0.4, -0.2) is 35.9 Å². The van der Waals surface area contributed by atoms with Crippen LogP contribution in [0.4, 0.5) is 0 Å². The van der Waals surface area contributed by atoms with Crippen LogP contribution < -0.4 is 10.1 Å². The lowest BCUT2D eigenvalue weighted by molar-refractivity contribution is 0.0290. The minimum absolute atomic E-state index is 0.373. The molecule has 0 bridgehead atoms. The third-order valence-corrected chi connectivity index (χ3v) is 5.75. The number of rotatable bonds is 4. The van der Waals surface area contributed by atoms with Crippen LogP contribution >= 0.6 is 11.8 Å². The number of aryl methyl sites for hydroxylation is 1. The maximum Gasteiger partial charge on any atom is 0.119 e. The number of nitrogens with one attached hydrogen (secondary N) is 1. The van der Waals surface area contributed by atoms with Gasteiger partial charge < -0.3 is 15.2 Å². The summed E-state index contributed by atoms with van der Waals surface area (Å²) in [5, 5.41) is 14.3. The average molecular weight is 307 g/mol. The smallest absolute Gasteiger partial charge is 0.119 e. The topological polar surface area (TPSA) is 41.5 Å². The van der Waals surface area contributed by atoms with Crippen LogP contribution in [0.25, 0.3) is 0 Å². The van der Waals surface area contributed by atoms with E-state index in [1.165, 1.54) is 17.5 Å². The quantitative estimate of drug-likeness (QED) is 0.897. The Morgan fingerprint density at radius 3 is 2.95 bits per heavy atom. The summed E-state index contributed by atoms with van der Waals surface area (Å²) in [5.74, 6) is 3.10. The lowest BCUT2D eigenvalue weighted by Crippen LogP contribution is -2.45. The minimum Gasteiger partial charge on any atom is -0.497 e. The zero-order valence-corrected chi connectivity index (χ0v) is 13.5. The fourth-order valence-electron chi connectivity index (χ4n) is 3.37. The van der Waals surface area contributed by atoms with Gasteiger partial charge in [-0.3, -0.25) is 0 Å². The third kappa shape index (κ3) is 3.55. The van der Waals surface area contributed by atoms with Gasteiger partial charge >= 0.3 is 0 Å². The summed E-state index contributed by atoms with van der Waals surface area (Å²) in [6.07, 6.45) is 5.31. The molecule has 1 atom stereocenters. The molecule has 1 aliphatic carbocycles. The van der Waals surface area contributed by atoms with Crippen molar-refractivity contribution >= 4 is 11.8 Å². The fourth-order valence-corrected chi connectivity index (χ4v) is 4.62. The Balaban J connectivity index is 1.67. The van der Waals surface area contributed by atoms with E-state index in [2.05, 4.69) is 17.4 Å². The van der Waals surface area contributed by atoms with E-state index in [0.717, 1.165) is 42.9 Å². The van der Waals surface area contributed by atoms with Gasteiger partial charge in [-0.15, -0.1) is 0 Å². The van der Waals surface area contributed by atoms with Gasteiger partial charge in [-0.2, -0.15) is 11.8 Å². The van der Waals surface area contributed by atoms with Crippen molar-refractivity contribution in [2.24, 2.45) is 0 Å². The van der Waals surface area contributed by atoms with Gasteiger partial charge in [0.05, 0.1) is 12.7 Å². The first kappa shape index (κ1) is 15.2. The predicted octanol–water partition coefficient (Wildman–Crippen LogP) is 2.92. The van der Waals surface area contributed by atoms with Crippen LogP contribution in [0.15, 0.2) is 18.2 Å². The standard InChI is InChI=1S/C17H25NO2S/c1-20-14-5-6-15-13(11-14)3-2-4-16(15)18-12-17(19)7-9-21-10-8-17/h5-6,11,16,18-19H,2-4,7-10,12H2,1H3. The van der Waals surface area contributed by atoms with Crippen LogP contribution in [0.5, 0.6) is 5.75 Å². The summed E-state index contributed by atoms with van der Waals surface area (Å²) in [7, 11) is 1.72. The van der Waals surface area contributed by atoms with Gasteiger partial charge in [0.1, 0.15) is 5.75 Å². The lowest BCUT2D eigenvalue weighted by Gasteiger charge is -2.35. The van der Waals surface area contributed by atoms with E-state index in [9.17, 15) is 5.11 Å². The summed E-state index contributed by atoms with van der Waals surface area (Å²) >= 11 is 1.95. The summed E-state index contributed by atoms with van der Waals surface area (Å²) in [6, 6.07) is 6.77. The van der Waals surface area contributed by atoms with E-state index in [1.807, 2.05) is 17.8 Å². The predicted molar refractivity (Wildman–Crippen MR) is 88.2 cm³/mol. The Hall–Kier alpha value is -0.710. The molecule has 1 unspecified atom stereocenters. The molecule has 116 valence electrons. The number of aliphatic hydroxyl groups is 1. The number of hydrogen-bond acceptors (Lipinski definition) is 4. The molecular weight excluding hydrogens is 282 g/mol. The van der Waals surface area contributed by atoms with Gasteiger partial charge in [-0.25, -0.2) is 0 Å². The fraction of sp³-hybridized carbons (Fsp3) is 0.647. The second-order valence-corrected chi connectivity index (χ2v) is 7.45. The molecule has 2 aliphatic rings. The first-order valence-electron chi connectivity index (χ1n) is 7.90. The van der Waals surface area contributed by atoms with Crippen LogP contribution in [0.2, 0.25) is 0 Å². The summed E-state index contributed by atoms with van der Waals surface area (Å²) in [4.78, 5) is 0. The second kappa shape index (κ2) is 6.59. The molecular formula is C17H25NO2S. The molecule has 2 N–H and O–H groups in total. The second-order valence-electron chi connectivity index (χ2n) is 6.23. The molecule has 3 rings (SSSR count). The van der Waals surface area contributed by atoms with E-state index in [-0.39, 0.29) is 0 Å². The zero-order chi connectivity index (χ0) is 14.7. The molecule has 0 spiro atoms. The SMILES string of the molecule is COc1ccc2c(c1)CCCC2NCC1(O)CCSCC1. The first-order chi connectivity index (χ1) is 10.2. The highest BCUT2D eigenvalue weighted by molar-refractivity contribution is 7.99. The van der Waals surface area contributed by atoms with Crippen molar-refractivity contribution in [2.75, 3.05) is 25.2 Å². The number of benzene rings is 1. The van der Waals surface area contributed by atoms with Crippen molar-refractivity contribution in [3.05, 3.63) is 29.3 Å². The zero-order valence-electron chi connectivity index (χ0n) is 12.7. The number of fused-ring (bicyclic) bond motifs is 1. The van der Waals surface area contributed by atoms with E-state index in [4.69, 9.17) is 4.74 Å². The van der Waals surface area contributed by atoms with E-state index >= 15 is 0 Å². The Morgan fingerprint density at radius 2 is 2.19 bits per heavy atom. The van der Waals surface area contributed by atoms with Gasteiger partial charge in [0.15, 0.2) is 0 Å². The average Bonchev–Trinajstić information content (AvgIpc) is 2.53. The minimum atomic E-state index is -0.505. The third-order valence-electron chi connectivity index (χ3n) is 4.77. The van der Waals surface area contributed by atoms with Crippen LogP contribution in [0.3, 0.4) is 0 Å². The molecule has 0 saturated carbocycles. The highest BCUT2D eigenvalue weighted by Gasteiger charge is 2.31. The van der Waals surface area contributed by atoms with Crippen molar-refractivity contribution in [1.82, 2.24) is 5.32 Å². The molecule has 1 aromatic rings. The monoisotopic (exact) mass is 307 g/mol. The van der Waals surface area contributed by atoms with E-state index in [0.29, 0.717) is 12.6 Å². The highest BCUT2D eigenvalue weighted by Crippen LogP contribution is 2.33. The normalized spacial score (nSPS) is 24.4. The molecule has 21 heavy (non-hydrogen) atoms. The molecule has 1 saturated heterocycles. The highest BCUT2D eigenvalue weighted by atomic mass is 32.2. The van der Waals surface area contributed by atoms with Gasteiger partial charge in [-0.1, -0.05) is 6.07 Å². The molecule has 0 aromatic heterocycles. The van der Waals surface area contributed by atoms with Crippen LogP contribution in [-0.2, 0) is 6.42 Å². The number of methoxy groups -OCH3 is 1. The van der Waals surface area contributed by atoms with Crippen molar-refractivity contribution in [2.45, 2.75) is 43.7 Å². The first-order valence-corrected chi connectivity index (χ1v) is 9.06. The van der Waals surface area contributed by atoms with E-state index in [1.54, 1.807) is 7.11 Å². The van der Waals surface area contributed by atoms with E-state index < -0.39 is 5.60 Å².